The van der Waals surface area contributed by atoms with Crippen LogP contribution in [0.2, 0.25) is 0 Å². The highest BCUT2D eigenvalue weighted by Crippen LogP contribution is 2.39. The minimum Gasteiger partial charge on any atom is -0.507 e. The van der Waals surface area contributed by atoms with Crippen molar-refractivity contribution in [3.8, 4) is 11.5 Å². The van der Waals surface area contributed by atoms with E-state index >= 15 is 0 Å². The number of phenols is 1. The lowest BCUT2D eigenvalue weighted by Crippen LogP contribution is -2.26. The van der Waals surface area contributed by atoms with E-state index in [1.807, 2.05) is 20.8 Å². The van der Waals surface area contributed by atoms with Crippen molar-refractivity contribution in [2.45, 2.75) is 46.5 Å². The minimum atomic E-state index is -0.945. The van der Waals surface area contributed by atoms with Gasteiger partial charge in [-0.2, -0.15) is 0 Å². The van der Waals surface area contributed by atoms with E-state index in [2.05, 4.69) is 0 Å². The first-order valence-electron chi connectivity index (χ1n) is 6.63. The molecule has 0 aliphatic carbocycles. The topological polar surface area (TPSA) is 66.8 Å². The second-order valence-corrected chi connectivity index (χ2v) is 6.80. The summed E-state index contributed by atoms with van der Waals surface area (Å²) in [6, 6.07) is 3.50. The van der Waals surface area contributed by atoms with Gasteiger partial charge in [-0.15, -0.1) is 0 Å². The number of carboxylic acids is 1. The fraction of sp³-hybridized carbons (Fsp3) is 0.562. The van der Waals surface area contributed by atoms with Crippen LogP contribution in [-0.4, -0.2) is 23.3 Å². The van der Waals surface area contributed by atoms with Gasteiger partial charge in [-0.3, -0.25) is 4.79 Å². The number of methoxy groups -OCH3 is 1. The van der Waals surface area contributed by atoms with Crippen LogP contribution in [0.25, 0.3) is 0 Å². The number of carbonyl (C=O) groups is 1. The second kappa shape index (κ2) is 5.35. The van der Waals surface area contributed by atoms with Crippen molar-refractivity contribution in [3.63, 3.8) is 0 Å². The first-order chi connectivity index (χ1) is 8.99. The summed E-state index contributed by atoms with van der Waals surface area (Å²) in [5, 5.41) is 19.7. The Balaban J connectivity index is 3.37. The van der Waals surface area contributed by atoms with Crippen molar-refractivity contribution in [1.82, 2.24) is 0 Å². The van der Waals surface area contributed by atoms with Gasteiger partial charge in [0.05, 0.1) is 12.5 Å². The number of hydrogen-bond acceptors (Lipinski definition) is 3. The monoisotopic (exact) mass is 280 g/mol. The van der Waals surface area contributed by atoms with Gasteiger partial charge in [0.15, 0.2) is 0 Å². The maximum absolute atomic E-state index is 11.3. The van der Waals surface area contributed by atoms with Gasteiger partial charge in [0, 0.05) is 5.56 Å². The molecule has 0 saturated carbocycles. The average Bonchev–Trinajstić information content (AvgIpc) is 2.29. The predicted molar refractivity (Wildman–Crippen MR) is 78.5 cm³/mol. The molecule has 0 spiro atoms. The molecule has 0 heterocycles. The van der Waals surface area contributed by atoms with Crippen LogP contribution in [0.3, 0.4) is 0 Å². The first kappa shape index (κ1) is 16.3. The third-order valence-corrected chi connectivity index (χ3v) is 3.42. The number of rotatable bonds is 4. The smallest absolute Gasteiger partial charge is 0.309 e. The summed E-state index contributed by atoms with van der Waals surface area (Å²) in [4.78, 5) is 11.3. The molecule has 1 rings (SSSR count). The summed E-state index contributed by atoms with van der Waals surface area (Å²) < 4.78 is 5.26. The zero-order valence-electron chi connectivity index (χ0n) is 13.1. The second-order valence-electron chi connectivity index (χ2n) is 6.80. The normalized spacial score (nSPS) is 12.3. The van der Waals surface area contributed by atoms with Gasteiger partial charge < -0.3 is 14.9 Å². The molecule has 4 heteroatoms. The Morgan fingerprint density at radius 2 is 1.75 bits per heavy atom. The highest BCUT2D eigenvalue weighted by Gasteiger charge is 2.30. The molecular formula is C16H24O4. The van der Waals surface area contributed by atoms with Crippen LogP contribution < -0.4 is 4.74 Å². The van der Waals surface area contributed by atoms with Crippen molar-refractivity contribution in [2.75, 3.05) is 7.11 Å². The molecule has 0 saturated heterocycles. The highest BCUT2D eigenvalue weighted by molar-refractivity contribution is 5.74. The number of phenolic OH excluding ortho intramolecular Hbond substituents is 1. The zero-order valence-corrected chi connectivity index (χ0v) is 13.1. The molecule has 0 radical (unpaired) electrons. The molecule has 2 N–H and O–H groups in total. The largest absolute Gasteiger partial charge is 0.507 e. The van der Waals surface area contributed by atoms with Crippen molar-refractivity contribution in [1.29, 1.82) is 0 Å². The molecule has 4 nitrogen and oxygen atoms in total. The molecule has 0 aliphatic rings. The quantitative estimate of drug-likeness (QED) is 0.887. The average molecular weight is 280 g/mol. The van der Waals surface area contributed by atoms with Crippen LogP contribution in [0.4, 0.5) is 0 Å². The van der Waals surface area contributed by atoms with Crippen LogP contribution in [0.5, 0.6) is 11.5 Å². The molecule has 0 amide bonds. The SMILES string of the molecule is COc1cc(CC(C)(C)C(=O)O)c(O)c(C(C)(C)C)c1. The van der Waals surface area contributed by atoms with Gasteiger partial charge in [0.1, 0.15) is 11.5 Å². The van der Waals surface area contributed by atoms with Crippen LogP contribution in [0.15, 0.2) is 12.1 Å². The molecular weight excluding hydrogens is 256 g/mol. The van der Waals surface area contributed by atoms with Gasteiger partial charge in [0.2, 0.25) is 0 Å². The lowest BCUT2D eigenvalue weighted by molar-refractivity contribution is -0.146. The molecule has 0 atom stereocenters. The Kier molecular flexibility index (Phi) is 4.37. The number of carboxylic acid groups (broad SMARTS) is 1. The Hall–Kier alpha value is -1.71. The van der Waals surface area contributed by atoms with Crippen molar-refractivity contribution < 1.29 is 19.7 Å². The van der Waals surface area contributed by atoms with E-state index < -0.39 is 11.4 Å². The molecule has 1 aromatic rings. The third kappa shape index (κ3) is 3.44. The van der Waals surface area contributed by atoms with Crippen LogP contribution in [0.1, 0.15) is 45.7 Å². The van der Waals surface area contributed by atoms with Gasteiger partial charge >= 0.3 is 5.97 Å². The molecule has 0 fully saturated rings. The number of hydrogen-bond donors (Lipinski definition) is 2. The van der Waals surface area contributed by atoms with Crippen LogP contribution >= 0.6 is 0 Å². The van der Waals surface area contributed by atoms with E-state index in [9.17, 15) is 15.0 Å². The van der Waals surface area contributed by atoms with Gasteiger partial charge in [-0.1, -0.05) is 20.8 Å². The lowest BCUT2D eigenvalue weighted by Gasteiger charge is -2.25. The minimum absolute atomic E-state index is 0.160. The maximum Gasteiger partial charge on any atom is 0.309 e. The van der Waals surface area contributed by atoms with Crippen LogP contribution in [-0.2, 0) is 16.6 Å². The van der Waals surface area contributed by atoms with E-state index in [1.165, 1.54) is 0 Å². The third-order valence-electron chi connectivity index (χ3n) is 3.42. The fourth-order valence-corrected chi connectivity index (χ4v) is 2.04. The zero-order chi connectivity index (χ0) is 15.7. The molecule has 1 aromatic carbocycles. The summed E-state index contributed by atoms with van der Waals surface area (Å²) >= 11 is 0. The molecule has 0 aliphatic heterocycles. The first-order valence-corrected chi connectivity index (χ1v) is 6.63. The Morgan fingerprint density at radius 1 is 1.20 bits per heavy atom. The fourth-order valence-electron chi connectivity index (χ4n) is 2.04. The molecule has 0 unspecified atom stereocenters. The Bertz CT molecular complexity index is 510. The number of aromatic hydroxyl groups is 1. The van der Waals surface area contributed by atoms with Gasteiger partial charge in [-0.05, 0) is 43.4 Å². The van der Waals surface area contributed by atoms with E-state index in [0.29, 0.717) is 11.3 Å². The summed E-state index contributed by atoms with van der Waals surface area (Å²) in [7, 11) is 1.56. The van der Waals surface area contributed by atoms with E-state index in [1.54, 1.807) is 33.1 Å². The molecule has 0 bridgehead atoms. The summed E-state index contributed by atoms with van der Waals surface area (Å²) in [6.07, 6.45) is 0.244. The van der Waals surface area contributed by atoms with Crippen molar-refractivity contribution in [2.24, 2.45) is 5.41 Å². The van der Waals surface area contributed by atoms with Gasteiger partial charge in [-0.25, -0.2) is 0 Å². The molecule has 20 heavy (non-hydrogen) atoms. The Labute approximate surface area is 120 Å². The number of ether oxygens (including phenoxy) is 1. The van der Waals surface area contributed by atoms with E-state index in [-0.39, 0.29) is 17.6 Å². The maximum atomic E-state index is 11.3. The van der Waals surface area contributed by atoms with Crippen molar-refractivity contribution in [3.05, 3.63) is 23.3 Å². The number of benzene rings is 1. The predicted octanol–water partition coefficient (Wildman–Crippen LogP) is 3.35. The standard InChI is InChI=1S/C16H24O4/c1-15(2,3)12-8-11(20-6)7-10(13(12)17)9-16(4,5)14(18)19/h7-8,17H,9H2,1-6H3,(H,18,19). The van der Waals surface area contributed by atoms with Gasteiger partial charge in [0.25, 0.3) is 0 Å². The lowest BCUT2D eigenvalue weighted by atomic mass is 9.81. The van der Waals surface area contributed by atoms with Crippen LogP contribution in [0, 0.1) is 5.41 Å². The van der Waals surface area contributed by atoms with Crippen molar-refractivity contribution >= 4 is 5.97 Å². The Morgan fingerprint density at radius 3 is 2.15 bits per heavy atom. The van der Waals surface area contributed by atoms with E-state index in [4.69, 9.17) is 4.74 Å². The van der Waals surface area contributed by atoms with E-state index in [0.717, 1.165) is 5.56 Å². The highest BCUT2D eigenvalue weighted by atomic mass is 16.5. The summed E-state index contributed by atoms with van der Waals surface area (Å²) in [5.41, 5.74) is 0.162. The number of aliphatic carboxylic acids is 1. The molecule has 112 valence electrons. The summed E-state index contributed by atoms with van der Waals surface area (Å²) in [6.45, 7) is 9.27. The molecule has 0 aromatic heterocycles. The summed E-state index contributed by atoms with van der Waals surface area (Å²) in [5.74, 6) is -0.103.